The number of nitrogens with zero attached hydrogens (tertiary/aromatic N) is 3. The van der Waals surface area contributed by atoms with Crippen LogP contribution in [0.3, 0.4) is 0 Å². The van der Waals surface area contributed by atoms with Crippen LogP contribution in [0.4, 0.5) is 5.69 Å². The Morgan fingerprint density at radius 3 is 2.86 bits per heavy atom. The zero-order chi connectivity index (χ0) is 14.7. The fourth-order valence-electron chi connectivity index (χ4n) is 2.17. The molecule has 1 aliphatic carbocycles. The molecule has 1 fully saturated rings. The van der Waals surface area contributed by atoms with Crippen LogP contribution in [0.15, 0.2) is 24.3 Å². The maximum Gasteiger partial charge on any atom is 0.223 e. The molecule has 21 heavy (non-hydrogen) atoms. The van der Waals surface area contributed by atoms with Gasteiger partial charge in [0.15, 0.2) is 5.69 Å². The molecule has 0 spiro atoms. The molecule has 1 heterocycles. The number of nitrogens with one attached hydrogen (secondary N) is 2. The first kappa shape index (κ1) is 13.3. The quantitative estimate of drug-likeness (QED) is 0.809. The average molecular weight is 281 g/mol. The number of carbonyl (C=O) groups is 1. The van der Waals surface area contributed by atoms with E-state index in [0.29, 0.717) is 18.8 Å². The molecule has 6 heteroatoms. The summed E-state index contributed by atoms with van der Waals surface area (Å²) in [6.45, 7) is 1.07. The average Bonchev–Trinajstić information content (AvgIpc) is 3.36. The molecule has 1 aromatic carbocycles. The molecule has 6 nitrogen and oxygen atoms in total. The van der Waals surface area contributed by atoms with Crippen LogP contribution < -0.4 is 10.6 Å². The van der Waals surface area contributed by atoms with E-state index >= 15 is 0 Å². The van der Waals surface area contributed by atoms with Gasteiger partial charge in [-0.15, -0.1) is 10.2 Å². The molecule has 1 aliphatic rings. The van der Waals surface area contributed by atoms with Crippen molar-refractivity contribution in [3.05, 3.63) is 30.0 Å². The first-order valence-corrected chi connectivity index (χ1v) is 6.96. The maximum atomic E-state index is 11.5. The number of hydrogen-bond acceptors (Lipinski definition) is 5. The number of nitriles is 1. The van der Waals surface area contributed by atoms with Gasteiger partial charge in [0.05, 0.1) is 11.2 Å². The van der Waals surface area contributed by atoms with Crippen LogP contribution in [-0.4, -0.2) is 29.2 Å². The van der Waals surface area contributed by atoms with E-state index in [1.807, 2.05) is 30.3 Å². The first-order chi connectivity index (χ1) is 10.3. The molecule has 2 N–H and O–H groups in total. The minimum absolute atomic E-state index is 0.120. The van der Waals surface area contributed by atoms with E-state index in [1.165, 1.54) is 0 Å². The van der Waals surface area contributed by atoms with Gasteiger partial charge in [-0.05, 0) is 18.9 Å². The summed E-state index contributed by atoms with van der Waals surface area (Å²) >= 11 is 0. The number of anilines is 1. The van der Waals surface area contributed by atoms with Crippen LogP contribution in [0.5, 0.6) is 0 Å². The normalized spacial score (nSPS) is 13.7. The van der Waals surface area contributed by atoms with Gasteiger partial charge in [-0.2, -0.15) is 5.26 Å². The number of hydrogen-bond donors (Lipinski definition) is 2. The lowest BCUT2D eigenvalue weighted by Crippen LogP contribution is -2.30. The number of benzene rings is 1. The van der Waals surface area contributed by atoms with Crippen molar-refractivity contribution in [1.29, 1.82) is 5.26 Å². The number of fused-ring (bicyclic) bond motifs is 1. The SMILES string of the molecule is N#Cc1nnc2ccccc2c1NCCNC(=O)C1CC1. The molecule has 2 aromatic rings. The molecule has 0 saturated heterocycles. The Hall–Kier alpha value is -2.68. The highest BCUT2D eigenvalue weighted by Gasteiger charge is 2.28. The van der Waals surface area contributed by atoms with E-state index < -0.39 is 0 Å². The summed E-state index contributed by atoms with van der Waals surface area (Å²) < 4.78 is 0. The lowest BCUT2D eigenvalue weighted by atomic mass is 10.1. The van der Waals surface area contributed by atoms with Crippen molar-refractivity contribution >= 4 is 22.5 Å². The first-order valence-electron chi connectivity index (χ1n) is 6.96. The fourth-order valence-corrected chi connectivity index (χ4v) is 2.17. The summed E-state index contributed by atoms with van der Waals surface area (Å²) in [6.07, 6.45) is 1.99. The molecule has 1 saturated carbocycles. The van der Waals surface area contributed by atoms with E-state index in [2.05, 4.69) is 20.8 Å². The van der Waals surface area contributed by atoms with Crippen molar-refractivity contribution in [3.63, 3.8) is 0 Å². The molecule has 0 radical (unpaired) electrons. The summed E-state index contributed by atoms with van der Waals surface area (Å²) in [5, 5.41) is 24.0. The Balaban J connectivity index is 1.70. The van der Waals surface area contributed by atoms with Gasteiger partial charge in [0.2, 0.25) is 5.91 Å². The Labute approximate surface area is 122 Å². The number of aromatic nitrogens is 2. The Morgan fingerprint density at radius 2 is 2.10 bits per heavy atom. The third kappa shape index (κ3) is 2.92. The van der Waals surface area contributed by atoms with E-state index in [1.54, 1.807) is 0 Å². The van der Waals surface area contributed by atoms with Gasteiger partial charge in [0.25, 0.3) is 0 Å². The van der Waals surface area contributed by atoms with Gasteiger partial charge in [0, 0.05) is 24.4 Å². The molecule has 0 unspecified atom stereocenters. The predicted octanol–water partition coefficient (Wildman–Crippen LogP) is 1.44. The largest absolute Gasteiger partial charge is 0.380 e. The van der Waals surface area contributed by atoms with E-state index in [0.717, 1.165) is 23.7 Å². The van der Waals surface area contributed by atoms with Crippen LogP contribution in [-0.2, 0) is 4.79 Å². The molecule has 1 aromatic heterocycles. The second-order valence-electron chi connectivity index (χ2n) is 5.04. The van der Waals surface area contributed by atoms with Crippen LogP contribution in [0.1, 0.15) is 18.5 Å². The van der Waals surface area contributed by atoms with Gasteiger partial charge < -0.3 is 10.6 Å². The van der Waals surface area contributed by atoms with Gasteiger partial charge in [0.1, 0.15) is 6.07 Å². The second kappa shape index (κ2) is 5.75. The Morgan fingerprint density at radius 1 is 1.29 bits per heavy atom. The highest BCUT2D eigenvalue weighted by Crippen LogP contribution is 2.28. The smallest absolute Gasteiger partial charge is 0.223 e. The van der Waals surface area contributed by atoms with Crippen molar-refractivity contribution in [2.24, 2.45) is 5.92 Å². The van der Waals surface area contributed by atoms with Gasteiger partial charge in [-0.1, -0.05) is 18.2 Å². The van der Waals surface area contributed by atoms with Crippen LogP contribution in [0.2, 0.25) is 0 Å². The second-order valence-corrected chi connectivity index (χ2v) is 5.04. The standard InChI is InChI=1S/C15H15N5O/c16-9-13-14(11-3-1-2-4-12(11)19-20-13)17-7-8-18-15(21)10-5-6-10/h1-4,10H,5-8H2,(H,17,19)(H,18,21). The zero-order valence-corrected chi connectivity index (χ0v) is 11.5. The minimum atomic E-state index is 0.120. The number of amides is 1. The molecule has 106 valence electrons. The molecule has 0 atom stereocenters. The minimum Gasteiger partial charge on any atom is -0.380 e. The maximum absolute atomic E-state index is 11.5. The molecular weight excluding hydrogens is 266 g/mol. The van der Waals surface area contributed by atoms with Crippen molar-refractivity contribution in [2.45, 2.75) is 12.8 Å². The predicted molar refractivity (Wildman–Crippen MR) is 78.5 cm³/mol. The van der Waals surface area contributed by atoms with Gasteiger partial charge in [-0.25, -0.2) is 0 Å². The lowest BCUT2D eigenvalue weighted by molar-refractivity contribution is -0.122. The highest BCUT2D eigenvalue weighted by atomic mass is 16.2. The third-order valence-corrected chi connectivity index (χ3v) is 3.45. The summed E-state index contributed by atoms with van der Waals surface area (Å²) in [6, 6.07) is 9.56. The summed E-state index contributed by atoms with van der Waals surface area (Å²) in [7, 11) is 0. The summed E-state index contributed by atoms with van der Waals surface area (Å²) in [5.41, 5.74) is 1.67. The van der Waals surface area contributed by atoms with Crippen molar-refractivity contribution in [2.75, 3.05) is 18.4 Å². The molecule has 1 amide bonds. The molecular formula is C15H15N5O. The van der Waals surface area contributed by atoms with E-state index in [4.69, 9.17) is 5.26 Å². The van der Waals surface area contributed by atoms with Gasteiger partial charge in [-0.3, -0.25) is 4.79 Å². The topological polar surface area (TPSA) is 90.7 Å². The number of rotatable bonds is 5. The fraction of sp³-hybridized carbons (Fsp3) is 0.333. The van der Waals surface area contributed by atoms with Crippen molar-refractivity contribution in [3.8, 4) is 6.07 Å². The monoisotopic (exact) mass is 281 g/mol. The summed E-state index contributed by atoms with van der Waals surface area (Å²) in [5.74, 6) is 0.332. The third-order valence-electron chi connectivity index (χ3n) is 3.45. The van der Waals surface area contributed by atoms with Crippen molar-refractivity contribution < 1.29 is 4.79 Å². The van der Waals surface area contributed by atoms with Crippen LogP contribution >= 0.6 is 0 Å². The van der Waals surface area contributed by atoms with E-state index in [9.17, 15) is 4.79 Å². The summed E-state index contributed by atoms with van der Waals surface area (Å²) in [4.78, 5) is 11.5. The van der Waals surface area contributed by atoms with E-state index in [-0.39, 0.29) is 17.5 Å². The van der Waals surface area contributed by atoms with Crippen LogP contribution in [0, 0.1) is 17.2 Å². The molecule has 0 bridgehead atoms. The lowest BCUT2D eigenvalue weighted by Gasteiger charge is -2.10. The van der Waals surface area contributed by atoms with Crippen molar-refractivity contribution in [1.82, 2.24) is 15.5 Å². The highest BCUT2D eigenvalue weighted by molar-refractivity contribution is 5.92. The van der Waals surface area contributed by atoms with Gasteiger partial charge >= 0.3 is 0 Å². The number of carbonyl (C=O) groups excluding carboxylic acids is 1. The van der Waals surface area contributed by atoms with Crippen LogP contribution in [0.25, 0.3) is 10.9 Å². The Kier molecular flexibility index (Phi) is 3.65. The Bertz CT molecular complexity index is 718. The molecule has 0 aliphatic heterocycles. The molecule has 3 rings (SSSR count). The zero-order valence-electron chi connectivity index (χ0n) is 11.5.